The number of thiocarbonyl (C=S) groups is 1. The van der Waals surface area contributed by atoms with E-state index in [9.17, 15) is 0 Å². The fraction of sp³-hybridized carbons (Fsp3) is 0.0714. The van der Waals surface area contributed by atoms with Crippen LogP contribution in [0.3, 0.4) is 0 Å². The van der Waals surface area contributed by atoms with Crippen LogP contribution in [0.15, 0.2) is 36.4 Å². The number of anilines is 2. The molecule has 2 nitrogen and oxygen atoms in total. The summed E-state index contributed by atoms with van der Waals surface area (Å²) < 4.78 is 0. The Kier molecular flexibility index (Phi) is 4.30. The van der Waals surface area contributed by atoms with Crippen molar-refractivity contribution in [3.63, 3.8) is 0 Å². The van der Waals surface area contributed by atoms with Crippen molar-refractivity contribution < 1.29 is 0 Å². The van der Waals surface area contributed by atoms with Crippen molar-refractivity contribution in [2.24, 2.45) is 5.73 Å². The minimum absolute atomic E-state index is 0.247. The van der Waals surface area contributed by atoms with Gasteiger partial charge in [-0.05, 0) is 36.8 Å². The van der Waals surface area contributed by atoms with Gasteiger partial charge >= 0.3 is 0 Å². The lowest BCUT2D eigenvalue weighted by atomic mass is 10.1. The Hall–Kier alpha value is -1.29. The minimum atomic E-state index is 0.247. The normalized spacial score (nSPS) is 10.3. The summed E-state index contributed by atoms with van der Waals surface area (Å²) in [5.74, 6) is 0. The smallest absolute Gasteiger partial charge is 0.107 e. The molecule has 2 aromatic carbocycles. The molecule has 2 aromatic rings. The first kappa shape index (κ1) is 14.1. The van der Waals surface area contributed by atoms with Crippen LogP contribution in [-0.2, 0) is 0 Å². The van der Waals surface area contributed by atoms with E-state index in [4.69, 9.17) is 41.2 Å². The molecular weight excluding hydrogens is 299 g/mol. The fourth-order valence-corrected chi connectivity index (χ4v) is 2.48. The van der Waals surface area contributed by atoms with Gasteiger partial charge in [-0.15, -0.1) is 0 Å². The molecule has 0 amide bonds. The third-order valence-corrected chi connectivity index (χ3v) is 3.50. The number of rotatable bonds is 3. The fourth-order valence-electron chi connectivity index (χ4n) is 1.76. The molecule has 0 spiro atoms. The Morgan fingerprint density at radius 3 is 2.53 bits per heavy atom. The lowest BCUT2D eigenvalue weighted by Crippen LogP contribution is -2.12. The number of halogens is 2. The van der Waals surface area contributed by atoms with Gasteiger partial charge in [-0.25, -0.2) is 0 Å². The van der Waals surface area contributed by atoms with E-state index in [0.29, 0.717) is 15.6 Å². The van der Waals surface area contributed by atoms with Crippen LogP contribution < -0.4 is 11.1 Å². The molecule has 2 rings (SSSR count). The maximum absolute atomic E-state index is 6.16. The van der Waals surface area contributed by atoms with Crippen LogP contribution in [0.1, 0.15) is 11.1 Å². The molecule has 0 saturated carbocycles. The Morgan fingerprint density at radius 2 is 1.84 bits per heavy atom. The van der Waals surface area contributed by atoms with Gasteiger partial charge in [-0.1, -0.05) is 47.6 Å². The second-order valence-corrected chi connectivity index (χ2v) is 5.39. The van der Waals surface area contributed by atoms with Crippen LogP contribution in [-0.4, -0.2) is 4.99 Å². The summed E-state index contributed by atoms with van der Waals surface area (Å²) in [4.78, 5) is 0.247. The molecule has 0 radical (unpaired) electrons. The molecular formula is C14H12Cl2N2S. The van der Waals surface area contributed by atoms with Crippen molar-refractivity contribution in [2.45, 2.75) is 6.92 Å². The highest BCUT2D eigenvalue weighted by molar-refractivity contribution is 7.80. The first-order chi connectivity index (χ1) is 8.99. The largest absolute Gasteiger partial charge is 0.389 e. The van der Waals surface area contributed by atoms with Crippen LogP contribution in [0, 0.1) is 6.92 Å². The van der Waals surface area contributed by atoms with Gasteiger partial charge in [0, 0.05) is 0 Å². The molecule has 0 fully saturated rings. The predicted molar refractivity (Wildman–Crippen MR) is 86.8 cm³/mol. The van der Waals surface area contributed by atoms with Gasteiger partial charge in [0.1, 0.15) is 4.99 Å². The number of hydrogen-bond donors (Lipinski definition) is 2. The summed E-state index contributed by atoms with van der Waals surface area (Å²) in [6.45, 7) is 1.99. The Balaban J connectivity index is 2.46. The molecule has 0 aliphatic heterocycles. The Bertz CT molecular complexity index is 641. The van der Waals surface area contributed by atoms with Crippen LogP contribution in [0.25, 0.3) is 0 Å². The van der Waals surface area contributed by atoms with E-state index in [-0.39, 0.29) is 4.99 Å². The highest BCUT2D eigenvalue weighted by Crippen LogP contribution is 2.31. The number of nitrogens with one attached hydrogen (secondary N) is 1. The zero-order valence-electron chi connectivity index (χ0n) is 10.2. The van der Waals surface area contributed by atoms with Crippen LogP contribution in [0.2, 0.25) is 10.0 Å². The second-order valence-electron chi connectivity index (χ2n) is 4.13. The Morgan fingerprint density at radius 1 is 1.11 bits per heavy atom. The molecule has 0 atom stereocenters. The second kappa shape index (κ2) is 5.78. The van der Waals surface area contributed by atoms with E-state index in [0.717, 1.165) is 16.9 Å². The summed E-state index contributed by atoms with van der Waals surface area (Å²) in [7, 11) is 0. The molecule has 0 saturated heterocycles. The van der Waals surface area contributed by atoms with Crippen molar-refractivity contribution in [3.8, 4) is 0 Å². The topological polar surface area (TPSA) is 38.0 Å². The lowest BCUT2D eigenvalue weighted by molar-refractivity contribution is 1.44. The third-order valence-electron chi connectivity index (χ3n) is 2.65. The van der Waals surface area contributed by atoms with Gasteiger partial charge < -0.3 is 11.1 Å². The van der Waals surface area contributed by atoms with E-state index < -0.39 is 0 Å². The number of nitrogens with two attached hydrogens (primary N) is 1. The average Bonchev–Trinajstić information content (AvgIpc) is 2.33. The maximum atomic E-state index is 6.16. The van der Waals surface area contributed by atoms with Crippen LogP contribution in [0.4, 0.5) is 11.4 Å². The number of benzene rings is 2. The van der Waals surface area contributed by atoms with Crippen molar-refractivity contribution in [1.82, 2.24) is 0 Å². The summed E-state index contributed by atoms with van der Waals surface area (Å²) in [6.07, 6.45) is 0. The van der Waals surface area contributed by atoms with E-state index in [1.807, 2.05) is 37.3 Å². The summed E-state index contributed by atoms with van der Waals surface area (Å²) in [5, 5.41) is 4.36. The van der Waals surface area contributed by atoms with Crippen molar-refractivity contribution in [1.29, 1.82) is 0 Å². The first-order valence-electron chi connectivity index (χ1n) is 5.60. The van der Waals surface area contributed by atoms with Gasteiger partial charge in [0.2, 0.25) is 0 Å². The molecule has 0 heterocycles. The minimum Gasteiger partial charge on any atom is -0.389 e. The Labute approximate surface area is 127 Å². The standard InChI is InChI=1S/C14H12Cl2N2S/c1-8-5-6-9(15)12(7-8)18-11-4-2-3-10(16)13(11)14(17)19/h2-7,18H,1H3,(H2,17,19). The van der Waals surface area contributed by atoms with Gasteiger partial charge in [0.15, 0.2) is 0 Å². The summed E-state index contributed by atoms with van der Waals surface area (Å²) >= 11 is 17.3. The maximum Gasteiger partial charge on any atom is 0.107 e. The van der Waals surface area contributed by atoms with E-state index >= 15 is 0 Å². The first-order valence-corrected chi connectivity index (χ1v) is 6.77. The quantitative estimate of drug-likeness (QED) is 0.808. The third kappa shape index (κ3) is 3.18. The lowest BCUT2D eigenvalue weighted by Gasteiger charge is -2.14. The summed E-state index contributed by atoms with van der Waals surface area (Å²) in [5.41, 5.74) is 8.97. The molecule has 5 heteroatoms. The summed E-state index contributed by atoms with van der Waals surface area (Å²) in [6, 6.07) is 11.2. The van der Waals surface area contributed by atoms with Gasteiger partial charge in [0.05, 0.1) is 27.0 Å². The highest BCUT2D eigenvalue weighted by Gasteiger charge is 2.11. The molecule has 0 aromatic heterocycles. The average molecular weight is 311 g/mol. The molecule has 0 aliphatic carbocycles. The highest BCUT2D eigenvalue weighted by atomic mass is 35.5. The molecule has 98 valence electrons. The monoisotopic (exact) mass is 310 g/mol. The van der Waals surface area contributed by atoms with Crippen LogP contribution in [0.5, 0.6) is 0 Å². The molecule has 3 N–H and O–H groups in total. The van der Waals surface area contributed by atoms with Gasteiger partial charge in [-0.3, -0.25) is 0 Å². The van der Waals surface area contributed by atoms with Gasteiger partial charge in [-0.2, -0.15) is 0 Å². The van der Waals surface area contributed by atoms with E-state index in [2.05, 4.69) is 5.32 Å². The van der Waals surface area contributed by atoms with Crippen LogP contribution >= 0.6 is 35.4 Å². The number of hydrogen-bond acceptors (Lipinski definition) is 2. The molecule has 0 unspecified atom stereocenters. The van der Waals surface area contributed by atoms with E-state index in [1.165, 1.54) is 0 Å². The van der Waals surface area contributed by atoms with Gasteiger partial charge in [0.25, 0.3) is 0 Å². The number of aryl methyl sites for hydroxylation is 1. The van der Waals surface area contributed by atoms with Crippen molar-refractivity contribution in [3.05, 3.63) is 57.6 Å². The predicted octanol–water partition coefficient (Wildman–Crippen LogP) is 4.68. The molecule has 0 aliphatic rings. The zero-order valence-corrected chi connectivity index (χ0v) is 12.5. The van der Waals surface area contributed by atoms with Crippen molar-refractivity contribution >= 4 is 51.8 Å². The van der Waals surface area contributed by atoms with E-state index in [1.54, 1.807) is 6.07 Å². The zero-order chi connectivity index (χ0) is 14.0. The molecule has 0 bridgehead atoms. The van der Waals surface area contributed by atoms with Crippen molar-refractivity contribution in [2.75, 3.05) is 5.32 Å². The SMILES string of the molecule is Cc1ccc(Cl)c(Nc2cccc(Cl)c2C(N)=S)c1. The molecule has 19 heavy (non-hydrogen) atoms.